The van der Waals surface area contributed by atoms with Crippen LogP contribution in [0.4, 0.5) is 10.1 Å². The third kappa shape index (κ3) is 3.22. The van der Waals surface area contributed by atoms with Crippen LogP contribution in [-0.2, 0) is 4.79 Å². The van der Waals surface area contributed by atoms with Gasteiger partial charge in [-0.1, -0.05) is 19.9 Å². The van der Waals surface area contributed by atoms with Crippen LogP contribution in [0.15, 0.2) is 36.4 Å². The van der Waals surface area contributed by atoms with Crippen molar-refractivity contribution in [3.05, 3.63) is 57.0 Å². The summed E-state index contributed by atoms with van der Waals surface area (Å²) in [4.78, 5) is 12.7. The van der Waals surface area contributed by atoms with Crippen molar-refractivity contribution in [1.82, 2.24) is 10.2 Å². The summed E-state index contributed by atoms with van der Waals surface area (Å²) in [6, 6.07) is 10.8. The van der Waals surface area contributed by atoms with Gasteiger partial charge in [-0.25, -0.2) is 4.39 Å². The van der Waals surface area contributed by atoms with Crippen LogP contribution in [0.2, 0.25) is 0 Å². The number of hydrogen-bond acceptors (Lipinski definition) is 2. The van der Waals surface area contributed by atoms with Crippen LogP contribution >= 0.6 is 22.6 Å². The molecular weight excluding hydrogens is 444 g/mol. The average Bonchev–Trinajstić information content (AvgIpc) is 3.34. The van der Waals surface area contributed by atoms with E-state index in [4.69, 9.17) is 0 Å². The molecule has 0 bridgehead atoms. The summed E-state index contributed by atoms with van der Waals surface area (Å²) in [5.74, 6) is 0.0466. The Bertz CT molecular complexity index is 998. The highest BCUT2D eigenvalue weighted by atomic mass is 127. The van der Waals surface area contributed by atoms with Crippen molar-refractivity contribution in [2.75, 3.05) is 5.32 Å². The quantitative estimate of drug-likeness (QED) is 0.525. The molecule has 1 aromatic heterocycles. The van der Waals surface area contributed by atoms with Gasteiger partial charge in [0.25, 0.3) is 0 Å². The molecule has 1 heterocycles. The maximum absolute atomic E-state index is 13.5. The molecule has 3 aromatic rings. The monoisotopic (exact) mass is 463 g/mol. The number of rotatable bonds is 4. The fourth-order valence-corrected chi connectivity index (χ4v) is 4.03. The van der Waals surface area contributed by atoms with E-state index in [9.17, 15) is 9.18 Å². The minimum absolute atomic E-state index is 0.00259. The fraction of sp³-hybridized carbons (Fsp3) is 0.300. The van der Waals surface area contributed by atoms with Gasteiger partial charge < -0.3 is 5.32 Å². The summed E-state index contributed by atoms with van der Waals surface area (Å²) in [6.07, 6.45) is 0.834. The van der Waals surface area contributed by atoms with Crippen molar-refractivity contribution in [1.29, 1.82) is 0 Å². The van der Waals surface area contributed by atoms with Crippen LogP contribution in [0.1, 0.15) is 43.2 Å². The number of hydrogen-bond donors (Lipinski definition) is 2. The molecule has 4 rings (SSSR count). The second-order valence-electron chi connectivity index (χ2n) is 7.14. The summed E-state index contributed by atoms with van der Waals surface area (Å²) < 4.78 is 14.5. The molecule has 0 unspecified atom stereocenters. The first-order valence-electron chi connectivity index (χ1n) is 8.68. The second-order valence-corrected chi connectivity index (χ2v) is 8.17. The molecule has 26 heavy (non-hydrogen) atoms. The number of H-pyrrole nitrogens is 1. The first-order valence-corrected chi connectivity index (χ1v) is 9.75. The van der Waals surface area contributed by atoms with Crippen molar-refractivity contribution >= 4 is 45.1 Å². The fourth-order valence-electron chi connectivity index (χ4n) is 3.44. The third-order valence-electron chi connectivity index (χ3n) is 4.99. The van der Waals surface area contributed by atoms with Crippen LogP contribution in [0, 0.1) is 15.4 Å². The molecule has 0 aliphatic heterocycles. The molecule has 2 aromatic carbocycles. The molecule has 1 amide bonds. The largest absolute Gasteiger partial charge is 0.326 e. The minimum Gasteiger partial charge on any atom is -0.326 e. The Morgan fingerprint density at radius 2 is 2.12 bits per heavy atom. The number of carbonyl (C=O) groups is 1. The second kappa shape index (κ2) is 6.64. The van der Waals surface area contributed by atoms with E-state index in [-0.39, 0.29) is 29.5 Å². The van der Waals surface area contributed by atoms with E-state index >= 15 is 0 Å². The van der Waals surface area contributed by atoms with Gasteiger partial charge in [0.1, 0.15) is 9.52 Å². The van der Waals surface area contributed by atoms with E-state index in [0.717, 1.165) is 32.2 Å². The van der Waals surface area contributed by atoms with E-state index in [1.54, 1.807) is 6.07 Å². The van der Waals surface area contributed by atoms with E-state index < -0.39 is 0 Å². The molecule has 1 saturated carbocycles. The number of anilines is 1. The van der Waals surface area contributed by atoms with E-state index in [1.807, 2.05) is 13.8 Å². The standard InChI is InChI=1S/C20H19FIN3O/c1-10(2)14-8-12(21)4-6-17(14)23-20(26)16-9-15(16)11-3-5-13-18(7-11)24-25-19(13)22/h3-8,10,15-16H,9H2,1-2H3,(H,23,26)(H,24,25)/t15-,16+/m0/s1. The Labute approximate surface area is 164 Å². The van der Waals surface area contributed by atoms with Crippen LogP contribution in [0.3, 0.4) is 0 Å². The number of aromatic nitrogens is 2. The zero-order chi connectivity index (χ0) is 18.4. The molecular formula is C20H19FIN3O. The summed E-state index contributed by atoms with van der Waals surface area (Å²) in [6.45, 7) is 3.98. The first kappa shape index (κ1) is 17.5. The zero-order valence-electron chi connectivity index (χ0n) is 14.5. The lowest BCUT2D eigenvalue weighted by molar-refractivity contribution is -0.117. The number of amides is 1. The van der Waals surface area contributed by atoms with Crippen molar-refractivity contribution in [2.45, 2.75) is 32.1 Å². The molecule has 134 valence electrons. The van der Waals surface area contributed by atoms with Crippen molar-refractivity contribution in [3.8, 4) is 0 Å². The maximum Gasteiger partial charge on any atom is 0.228 e. The number of fused-ring (bicyclic) bond motifs is 1. The van der Waals surface area contributed by atoms with E-state index in [2.05, 4.69) is 56.3 Å². The van der Waals surface area contributed by atoms with Gasteiger partial charge in [0.05, 0.1) is 5.52 Å². The Morgan fingerprint density at radius 3 is 2.88 bits per heavy atom. The lowest BCUT2D eigenvalue weighted by Gasteiger charge is -2.14. The summed E-state index contributed by atoms with van der Waals surface area (Å²) in [7, 11) is 0. The molecule has 0 radical (unpaired) electrons. The normalized spacial score (nSPS) is 19.1. The molecule has 1 fully saturated rings. The van der Waals surface area contributed by atoms with Gasteiger partial charge in [-0.15, -0.1) is 0 Å². The molecule has 2 atom stereocenters. The first-order chi connectivity index (χ1) is 12.4. The summed E-state index contributed by atoms with van der Waals surface area (Å²) in [5.41, 5.74) is 3.68. The SMILES string of the molecule is CC(C)c1cc(F)ccc1NC(=O)[C@@H]1C[C@H]1c1ccc2c(I)n[nH]c2c1. The molecule has 6 heteroatoms. The van der Waals surface area contributed by atoms with Gasteiger partial charge in [-0.3, -0.25) is 9.89 Å². The number of aromatic amines is 1. The Morgan fingerprint density at radius 1 is 1.31 bits per heavy atom. The Hall–Kier alpha value is -1.96. The molecule has 4 nitrogen and oxygen atoms in total. The van der Waals surface area contributed by atoms with Crippen molar-refractivity contribution < 1.29 is 9.18 Å². The molecule has 0 spiro atoms. The van der Waals surface area contributed by atoms with Crippen molar-refractivity contribution in [2.24, 2.45) is 5.92 Å². The number of halogens is 2. The lowest BCUT2D eigenvalue weighted by atomic mass is 10.0. The van der Waals surface area contributed by atoms with E-state index in [0.29, 0.717) is 5.69 Å². The van der Waals surface area contributed by atoms with Gasteiger partial charge in [-0.05, 0) is 82.3 Å². The van der Waals surface area contributed by atoms with Crippen LogP contribution in [0.25, 0.3) is 10.9 Å². The molecule has 2 N–H and O–H groups in total. The van der Waals surface area contributed by atoms with Gasteiger partial charge in [0.15, 0.2) is 0 Å². The number of benzene rings is 2. The predicted molar refractivity (Wildman–Crippen MR) is 109 cm³/mol. The smallest absolute Gasteiger partial charge is 0.228 e. The molecule has 1 aliphatic rings. The summed E-state index contributed by atoms with van der Waals surface area (Å²) in [5, 5.41) is 11.3. The number of nitrogens with zero attached hydrogens (tertiary/aromatic N) is 1. The predicted octanol–water partition coefficient (Wildman–Crippen LogP) is 5.17. The van der Waals surface area contributed by atoms with Gasteiger partial charge >= 0.3 is 0 Å². The highest BCUT2D eigenvalue weighted by Gasteiger charge is 2.44. The third-order valence-corrected chi connectivity index (χ3v) is 5.81. The molecule has 0 saturated heterocycles. The highest BCUT2D eigenvalue weighted by molar-refractivity contribution is 14.1. The summed E-state index contributed by atoms with van der Waals surface area (Å²) >= 11 is 2.20. The van der Waals surface area contributed by atoms with Crippen LogP contribution in [-0.4, -0.2) is 16.1 Å². The van der Waals surface area contributed by atoms with Crippen LogP contribution < -0.4 is 5.32 Å². The number of carbonyl (C=O) groups excluding carboxylic acids is 1. The Balaban J connectivity index is 1.50. The van der Waals surface area contributed by atoms with E-state index in [1.165, 1.54) is 12.1 Å². The molecule has 1 aliphatic carbocycles. The average molecular weight is 463 g/mol. The van der Waals surface area contributed by atoms with Gasteiger partial charge in [0.2, 0.25) is 5.91 Å². The topological polar surface area (TPSA) is 57.8 Å². The lowest BCUT2D eigenvalue weighted by Crippen LogP contribution is -2.16. The van der Waals surface area contributed by atoms with Crippen LogP contribution in [0.5, 0.6) is 0 Å². The van der Waals surface area contributed by atoms with Crippen molar-refractivity contribution in [3.63, 3.8) is 0 Å². The maximum atomic E-state index is 13.5. The Kier molecular flexibility index (Phi) is 4.46. The van der Waals surface area contributed by atoms with Gasteiger partial charge in [0, 0.05) is 17.0 Å². The van der Waals surface area contributed by atoms with Gasteiger partial charge in [-0.2, -0.15) is 5.10 Å². The highest BCUT2D eigenvalue weighted by Crippen LogP contribution is 2.48. The zero-order valence-corrected chi connectivity index (χ0v) is 16.7. The number of nitrogens with one attached hydrogen (secondary N) is 2. The minimum atomic E-state index is -0.279.